The molecule has 29 heavy (non-hydrogen) atoms. The lowest BCUT2D eigenvalue weighted by molar-refractivity contribution is 0.102. The largest absolute Gasteiger partial charge is 0.306 e. The highest BCUT2D eigenvalue weighted by Crippen LogP contribution is 2.27. The molecule has 0 aliphatic rings. The second kappa shape index (κ2) is 7.51. The van der Waals surface area contributed by atoms with E-state index in [2.05, 4.69) is 53.8 Å². The van der Waals surface area contributed by atoms with Crippen LogP contribution in [0.4, 0.5) is 5.82 Å². The molecule has 0 saturated heterocycles. The molecule has 1 heterocycles. The number of aryl methyl sites for hydroxylation is 1. The summed E-state index contributed by atoms with van der Waals surface area (Å²) in [6.07, 6.45) is 0. The van der Waals surface area contributed by atoms with Gasteiger partial charge in [-0.15, -0.1) is 0 Å². The van der Waals surface area contributed by atoms with Gasteiger partial charge in [0, 0.05) is 17.0 Å². The predicted molar refractivity (Wildman–Crippen MR) is 120 cm³/mol. The summed E-state index contributed by atoms with van der Waals surface area (Å²) in [5.74, 6) is 0.530. The van der Waals surface area contributed by atoms with Crippen LogP contribution >= 0.6 is 0 Å². The molecule has 3 rings (SSSR count). The molecule has 3 aromatic rings. The van der Waals surface area contributed by atoms with Crippen LogP contribution in [0, 0.1) is 6.92 Å². The Morgan fingerprint density at radius 2 is 1.45 bits per heavy atom. The Bertz CT molecular complexity index is 998. The highest BCUT2D eigenvalue weighted by molar-refractivity contribution is 6.04. The number of amides is 1. The molecule has 2 aromatic carbocycles. The fraction of sp³-hybridized carbons (Fsp3) is 0.360. The van der Waals surface area contributed by atoms with Crippen molar-refractivity contribution < 1.29 is 4.79 Å². The van der Waals surface area contributed by atoms with E-state index < -0.39 is 0 Å². The van der Waals surface area contributed by atoms with Crippen molar-refractivity contribution in [2.24, 2.45) is 0 Å². The van der Waals surface area contributed by atoms with Crippen molar-refractivity contribution >= 4 is 11.7 Å². The van der Waals surface area contributed by atoms with E-state index in [1.54, 1.807) is 4.68 Å². The van der Waals surface area contributed by atoms with E-state index in [0.29, 0.717) is 11.4 Å². The van der Waals surface area contributed by atoms with Crippen molar-refractivity contribution in [2.75, 3.05) is 5.32 Å². The normalized spacial score (nSPS) is 12.1. The summed E-state index contributed by atoms with van der Waals surface area (Å²) in [5, 5.41) is 7.83. The van der Waals surface area contributed by atoms with Crippen LogP contribution in [0.5, 0.6) is 0 Å². The molecule has 4 heteroatoms. The van der Waals surface area contributed by atoms with Gasteiger partial charge in [0.25, 0.3) is 5.91 Å². The molecular weight excluding hydrogens is 358 g/mol. The average molecular weight is 390 g/mol. The van der Waals surface area contributed by atoms with Crippen LogP contribution in [0.2, 0.25) is 0 Å². The molecule has 0 bridgehead atoms. The van der Waals surface area contributed by atoms with Gasteiger partial charge in [-0.3, -0.25) is 4.79 Å². The van der Waals surface area contributed by atoms with E-state index in [1.165, 1.54) is 11.1 Å². The Balaban J connectivity index is 1.94. The molecule has 0 aliphatic carbocycles. The lowest BCUT2D eigenvalue weighted by atomic mass is 9.87. The van der Waals surface area contributed by atoms with Crippen LogP contribution in [-0.2, 0) is 10.8 Å². The molecule has 0 aliphatic heterocycles. The maximum absolute atomic E-state index is 12.9. The van der Waals surface area contributed by atoms with Crippen LogP contribution in [-0.4, -0.2) is 15.7 Å². The molecule has 1 amide bonds. The highest BCUT2D eigenvalue weighted by atomic mass is 16.1. The number of rotatable bonds is 3. The first kappa shape index (κ1) is 20.8. The quantitative estimate of drug-likeness (QED) is 0.595. The molecule has 152 valence electrons. The molecule has 0 atom stereocenters. The Hall–Kier alpha value is -2.88. The van der Waals surface area contributed by atoms with Gasteiger partial charge < -0.3 is 5.32 Å². The highest BCUT2D eigenvalue weighted by Gasteiger charge is 2.22. The van der Waals surface area contributed by atoms with Crippen molar-refractivity contribution in [2.45, 2.75) is 59.3 Å². The van der Waals surface area contributed by atoms with E-state index in [-0.39, 0.29) is 16.7 Å². The molecule has 4 nitrogen and oxygen atoms in total. The van der Waals surface area contributed by atoms with Crippen molar-refractivity contribution in [3.05, 3.63) is 77.0 Å². The summed E-state index contributed by atoms with van der Waals surface area (Å²) < 4.78 is 1.81. The first-order chi connectivity index (χ1) is 13.4. The molecule has 0 spiro atoms. The zero-order valence-electron chi connectivity index (χ0n) is 18.5. The van der Waals surface area contributed by atoms with Crippen LogP contribution < -0.4 is 5.32 Å². The van der Waals surface area contributed by atoms with Gasteiger partial charge in [0.15, 0.2) is 0 Å². The number of carbonyl (C=O) groups excluding carboxylic acids is 1. The molecule has 1 N–H and O–H groups in total. The van der Waals surface area contributed by atoms with E-state index in [1.807, 2.05) is 54.6 Å². The number of carbonyl (C=O) groups is 1. The molecule has 1 aromatic heterocycles. The van der Waals surface area contributed by atoms with Crippen LogP contribution in [0.3, 0.4) is 0 Å². The number of anilines is 1. The first-order valence-corrected chi connectivity index (χ1v) is 10.0. The molecule has 0 saturated carbocycles. The van der Waals surface area contributed by atoms with Gasteiger partial charge in [-0.05, 0) is 42.2 Å². The summed E-state index contributed by atoms with van der Waals surface area (Å²) in [7, 11) is 0. The van der Waals surface area contributed by atoms with Crippen molar-refractivity contribution in [3.8, 4) is 5.69 Å². The average Bonchev–Trinajstić information content (AvgIpc) is 3.06. The lowest BCUT2D eigenvalue weighted by Gasteiger charge is -2.19. The van der Waals surface area contributed by atoms with Gasteiger partial charge in [0.1, 0.15) is 5.82 Å². The zero-order chi connectivity index (χ0) is 21.4. The summed E-state index contributed by atoms with van der Waals surface area (Å²) in [4.78, 5) is 12.9. The predicted octanol–water partition coefficient (Wildman–Crippen LogP) is 6.03. The minimum atomic E-state index is -0.140. The van der Waals surface area contributed by atoms with Gasteiger partial charge in [-0.25, -0.2) is 4.68 Å². The molecule has 0 unspecified atom stereocenters. The second-order valence-electron chi connectivity index (χ2n) is 9.69. The first-order valence-electron chi connectivity index (χ1n) is 10.0. The van der Waals surface area contributed by atoms with Gasteiger partial charge in [0.05, 0.1) is 11.4 Å². The molecule has 0 fully saturated rings. The number of benzene rings is 2. The Labute approximate surface area is 174 Å². The van der Waals surface area contributed by atoms with Crippen LogP contribution in [0.15, 0.2) is 54.6 Å². The van der Waals surface area contributed by atoms with Gasteiger partial charge in [-0.1, -0.05) is 71.4 Å². The molecule has 0 radical (unpaired) electrons. The van der Waals surface area contributed by atoms with E-state index in [4.69, 9.17) is 5.10 Å². The summed E-state index contributed by atoms with van der Waals surface area (Å²) in [6, 6.07) is 17.9. The number of hydrogen-bond donors (Lipinski definition) is 1. The summed E-state index contributed by atoms with van der Waals surface area (Å²) in [6.45, 7) is 14.9. The lowest BCUT2D eigenvalue weighted by Crippen LogP contribution is -2.16. The Morgan fingerprint density at radius 3 is 1.97 bits per heavy atom. The monoisotopic (exact) mass is 389 g/mol. The fourth-order valence-electron chi connectivity index (χ4n) is 3.03. The van der Waals surface area contributed by atoms with E-state index in [9.17, 15) is 4.79 Å². The van der Waals surface area contributed by atoms with Crippen LogP contribution in [0.1, 0.15) is 68.7 Å². The third-order valence-electron chi connectivity index (χ3n) is 5.01. The van der Waals surface area contributed by atoms with Crippen LogP contribution in [0.25, 0.3) is 5.69 Å². The Kier molecular flexibility index (Phi) is 5.40. The Morgan fingerprint density at radius 1 is 0.862 bits per heavy atom. The van der Waals surface area contributed by atoms with Gasteiger partial charge in [0.2, 0.25) is 0 Å². The smallest absolute Gasteiger partial charge is 0.256 e. The fourth-order valence-corrected chi connectivity index (χ4v) is 3.03. The second-order valence-corrected chi connectivity index (χ2v) is 9.69. The topological polar surface area (TPSA) is 46.9 Å². The van der Waals surface area contributed by atoms with Crippen molar-refractivity contribution in [1.29, 1.82) is 0 Å². The number of nitrogens with zero attached hydrogens (tertiary/aromatic N) is 2. The molecular formula is C25H31N3O. The van der Waals surface area contributed by atoms with E-state index >= 15 is 0 Å². The number of hydrogen-bond acceptors (Lipinski definition) is 2. The van der Waals surface area contributed by atoms with Crippen molar-refractivity contribution in [3.63, 3.8) is 0 Å². The zero-order valence-corrected chi connectivity index (χ0v) is 18.5. The standard InChI is InChI=1S/C25H31N3O/c1-17-8-14-20(15-9-17)28-22(16-21(27-28)25(5,6)7)26-23(29)18-10-12-19(13-11-18)24(2,3)4/h8-16H,1-7H3,(H,26,29). The number of aromatic nitrogens is 2. The summed E-state index contributed by atoms with van der Waals surface area (Å²) in [5.41, 5.74) is 4.80. The SMILES string of the molecule is Cc1ccc(-n2nc(C(C)(C)C)cc2NC(=O)c2ccc(C(C)(C)C)cc2)cc1. The summed E-state index contributed by atoms with van der Waals surface area (Å²) >= 11 is 0. The van der Waals surface area contributed by atoms with Gasteiger partial charge in [-0.2, -0.15) is 5.10 Å². The number of nitrogens with one attached hydrogen (secondary N) is 1. The maximum Gasteiger partial charge on any atom is 0.256 e. The maximum atomic E-state index is 12.9. The minimum Gasteiger partial charge on any atom is -0.306 e. The van der Waals surface area contributed by atoms with Crippen molar-refractivity contribution in [1.82, 2.24) is 9.78 Å². The third-order valence-corrected chi connectivity index (χ3v) is 5.01. The third kappa shape index (κ3) is 4.76. The minimum absolute atomic E-state index is 0.0562. The van der Waals surface area contributed by atoms with E-state index in [0.717, 1.165) is 11.4 Å². The van der Waals surface area contributed by atoms with Gasteiger partial charge >= 0.3 is 0 Å².